The van der Waals surface area contributed by atoms with E-state index in [0.717, 1.165) is 15.6 Å². The molecule has 0 aliphatic rings. The summed E-state index contributed by atoms with van der Waals surface area (Å²) in [6.07, 6.45) is 0. The molecule has 0 amide bonds. The summed E-state index contributed by atoms with van der Waals surface area (Å²) in [6, 6.07) is 11.2. The van der Waals surface area contributed by atoms with Crippen LogP contribution in [0.5, 0.6) is 0 Å². The van der Waals surface area contributed by atoms with Gasteiger partial charge in [-0.3, -0.25) is 0 Å². The highest BCUT2D eigenvalue weighted by atomic mass is 79.9. The second-order valence-electron chi connectivity index (χ2n) is 4.03. The van der Waals surface area contributed by atoms with E-state index in [1.807, 2.05) is 37.4 Å². The van der Waals surface area contributed by atoms with Gasteiger partial charge in [0.1, 0.15) is 0 Å². The van der Waals surface area contributed by atoms with Crippen LogP contribution in [0.3, 0.4) is 0 Å². The third-order valence-electron chi connectivity index (χ3n) is 2.85. The van der Waals surface area contributed by atoms with E-state index in [-0.39, 0.29) is 6.04 Å². The van der Waals surface area contributed by atoms with Gasteiger partial charge < -0.3 is 5.32 Å². The van der Waals surface area contributed by atoms with Crippen molar-refractivity contribution in [1.82, 2.24) is 5.32 Å². The number of nitrogens with one attached hydrogen (secondary N) is 1. The summed E-state index contributed by atoms with van der Waals surface area (Å²) in [7, 11) is 1.87. The molecule has 5 heteroatoms. The van der Waals surface area contributed by atoms with E-state index in [9.17, 15) is 0 Å². The van der Waals surface area contributed by atoms with Crippen molar-refractivity contribution in [3.63, 3.8) is 0 Å². The van der Waals surface area contributed by atoms with E-state index in [2.05, 4.69) is 21.2 Å². The molecule has 1 atom stereocenters. The Labute approximate surface area is 136 Å². The maximum Gasteiger partial charge on any atom is 0.0604 e. The summed E-state index contributed by atoms with van der Waals surface area (Å²) in [6.45, 7) is 0. The Morgan fingerprint density at radius 2 is 1.79 bits per heavy atom. The Balaban J connectivity index is 2.53. The average molecular weight is 380 g/mol. The van der Waals surface area contributed by atoms with Gasteiger partial charge in [-0.05, 0) is 52.3 Å². The number of hydrogen-bond donors (Lipinski definition) is 1. The fraction of sp³-hybridized carbons (Fsp3) is 0.143. The molecule has 0 heterocycles. The molecular weight excluding hydrogens is 368 g/mol. The lowest BCUT2D eigenvalue weighted by Gasteiger charge is -2.20. The second-order valence-corrected chi connectivity index (χ2v) is 6.11. The van der Waals surface area contributed by atoms with Gasteiger partial charge in [0.05, 0.1) is 11.1 Å². The predicted octanol–water partition coefficient (Wildman–Crippen LogP) is 5.72. The lowest BCUT2D eigenvalue weighted by Crippen LogP contribution is -2.18. The van der Waals surface area contributed by atoms with Crippen molar-refractivity contribution in [2.45, 2.75) is 6.04 Å². The lowest BCUT2D eigenvalue weighted by atomic mass is 9.99. The normalized spacial score (nSPS) is 12.5. The standard InChI is InChI=1S/C14H11BrCl3N/c1-19-14(9-6-5-8(16)7-12(9)17)10-3-2-4-11(15)13(10)18/h2-7,14,19H,1H3. The molecule has 2 rings (SSSR count). The Bertz CT molecular complexity index is 601. The highest BCUT2D eigenvalue weighted by molar-refractivity contribution is 9.10. The maximum atomic E-state index is 6.34. The summed E-state index contributed by atoms with van der Waals surface area (Å²) in [5.74, 6) is 0. The largest absolute Gasteiger partial charge is 0.309 e. The number of hydrogen-bond acceptors (Lipinski definition) is 1. The van der Waals surface area contributed by atoms with Crippen molar-refractivity contribution in [3.05, 3.63) is 67.1 Å². The van der Waals surface area contributed by atoms with Crippen molar-refractivity contribution in [3.8, 4) is 0 Å². The summed E-state index contributed by atoms with van der Waals surface area (Å²) in [4.78, 5) is 0. The van der Waals surface area contributed by atoms with Gasteiger partial charge >= 0.3 is 0 Å². The lowest BCUT2D eigenvalue weighted by molar-refractivity contribution is 0.692. The molecule has 0 aromatic heterocycles. The molecule has 2 aromatic rings. The van der Waals surface area contributed by atoms with Gasteiger partial charge in [0.2, 0.25) is 0 Å². The summed E-state index contributed by atoms with van der Waals surface area (Å²) in [5.41, 5.74) is 1.90. The summed E-state index contributed by atoms with van der Waals surface area (Å²) in [5, 5.41) is 5.13. The van der Waals surface area contributed by atoms with Crippen LogP contribution in [-0.4, -0.2) is 7.05 Å². The van der Waals surface area contributed by atoms with Gasteiger partial charge in [0, 0.05) is 14.5 Å². The van der Waals surface area contributed by atoms with Crippen molar-refractivity contribution in [2.24, 2.45) is 0 Å². The Hall–Kier alpha value is -0.250. The fourth-order valence-corrected chi connectivity index (χ4v) is 3.09. The van der Waals surface area contributed by atoms with E-state index >= 15 is 0 Å². The third-order valence-corrected chi connectivity index (χ3v) is 4.73. The van der Waals surface area contributed by atoms with Gasteiger partial charge in [0.25, 0.3) is 0 Å². The van der Waals surface area contributed by atoms with Crippen LogP contribution in [0, 0.1) is 0 Å². The number of halogens is 4. The van der Waals surface area contributed by atoms with Crippen LogP contribution in [0.15, 0.2) is 40.9 Å². The van der Waals surface area contributed by atoms with Crippen molar-refractivity contribution < 1.29 is 0 Å². The zero-order valence-corrected chi connectivity index (χ0v) is 13.9. The van der Waals surface area contributed by atoms with E-state index in [1.165, 1.54) is 0 Å². The molecule has 0 saturated carbocycles. The van der Waals surface area contributed by atoms with Gasteiger partial charge in [-0.25, -0.2) is 0 Å². The van der Waals surface area contributed by atoms with Crippen LogP contribution in [-0.2, 0) is 0 Å². The van der Waals surface area contributed by atoms with Crippen LogP contribution in [0.2, 0.25) is 15.1 Å². The number of benzene rings is 2. The topological polar surface area (TPSA) is 12.0 Å². The van der Waals surface area contributed by atoms with Gasteiger partial charge in [-0.15, -0.1) is 0 Å². The molecule has 0 radical (unpaired) electrons. The van der Waals surface area contributed by atoms with Gasteiger partial charge in [0.15, 0.2) is 0 Å². The SMILES string of the molecule is CNC(c1ccc(Cl)cc1Cl)c1cccc(Br)c1Cl. The second kappa shape index (κ2) is 6.47. The molecule has 1 N–H and O–H groups in total. The fourth-order valence-electron chi connectivity index (χ4n) is 1.96. The molecule has 0 bridgehead atoms. The van der Waals surface area contributed by atoms with Gasteiger partial charge in [-0.1, -0.05) is 53.0 Å². The third kappa shape index (κ3) is 3.26. The van der Waals surface area contributed by atoms with Crippen LogP contribution >= 0.6 is 50.7 Å². The Kier molecular flexibility index (Phi) is 5.15. The molecule has 1 nitrogen and oxygen atoms in total. The highest BCUT2D eigenvalue weighted by Gasteiger charge is 2.19. The monoisotopic (exact) mass is 377 g/mol. The quantitative estimate of drug-likeness (QED) is 0.719. The van der Waals surface area contributed by atoms with Crippen molar-refractivity contribution >= 4 is 50.7 Å². The first-order valence-corrected chi connectivity index (χ1v) is 7.53. The Morgan fingerprint density at radius 1 is 1.05 bits per heavy atom. The summed E-state index contributed by atoms with van der Waals surface area (Å²) >= 11 is 22.0. The van der Waals surface area contributed by atoms with Gasteiger partial charge in [-0.2, -0.15) is 0 Å². The molecule has 0 fully saturated rings. The van der Waals surface area contributed by atoms with E-state index in [4.69, 9.17) is 34.8 Å². The minimum atomic E-state index is -0.0882. The molecular formula is C14H11BrCl3N. The zero-order chi connectivity index (χ0) is 14.0. The first-order valence-electron chi connectivity index (χ1n) is 5.60. The molecule has 0 aliphatic carbocycles. The van der Waals surface area contributed by atoms with Crippen molar-refractivity contribution in [2.75, 3.05) is 7.05 Å². The molecule has 0 aliphatic heterocycles. The minimum absolute atomic E-state index is 0.0882. The maximum absolute atomic E-state index is 6.34. The van der Waals surface area contributed by atoms with Crippen LogP contribution in [0.4, 0.5) is 0 Å². The predicted molar refractivity (Wildman–Crippen MR) is 86.5 cm³/mol. The van der Waals surface area contributed by atoms with Crippen LogP contribution < -0.4 is 5.32 Å². The molecule has 2 aromatic carbocycles. The molecule has 1 unspecified atom stereocenters. The first kappa shape index (κ1) is 15.1. The van der Waals surface area contributed by atoms with Crippen LogP contribution in [0.1, 0.15) is 17.2 Å². The van der Waals surface area contributed by atoms with Crippen molar-refractivity contribution in [1.29, 1.82) is 0 Å². The highest BCUT2D eigenvalue weighted by Crippen LogP contribution is 2.36. The van der Waals surface area contributed by atoms with E-state index in [1.54, 1.807) is 6.07 Å². The minimum Gasteiger partial charge on any atom is -0.309 e. The molecule has 0 spiro atoms. The molecule has 19 heavy (non-hydrogen) atoms. The van der Waals surface area contributed by atoms with Crippen LogP contribution in [0.25, 0.3) is 0 Å². The average Bonchev–Trinajstić information content (AvgIpc) is 2.37. The molecule has 0 saturated heterocycles. The summed E-state index contributed by atoms with van der Waals surface area (Å²) < 4.78 is 0.858. The Morgan fingerprint density at radius 3 is 2.42 bits per heavy atom. The van der Waals surface area contributed by atoms with E-state index in [0.29, 0.717) is 15.1 Å². The zero-order valence-electron chi connectivity index (χ0n) is 10.1. The number of rotatable bonds is 3. The first-order chi connectivity index (χ1) is 9.04. The smallest absolute Gasteiger partial charge is 0.0604 e. The molecule has 100 valence electrons. The van der Waals surface area contributed by atoms with E-state index < -0.39 is 0 Å².